The number of benzene rings is 2. The van der Waals surface area contributed by atoms with Crippen molar-refractivity contribution in [2.24, 2.45) is 0 Å². The van der Waals surface area contributed by atoms with Crippen molar-refractivity contribution in [1.29, 1.82) is 0 Å². The molecule has 0 fully saturated rings. The van der Waals surface area contributed by atoms with Gasteiger partial charge in [-0.05, 0) is 35.9 Å². The van der Waals surface area contributed by atoms with Crippen LogP contribution in [0, 0.1) is 5.82 Å². The van der Waals surface area contributed by atoms with Crippen LogP contribution in [-0.2, 0) is 13.1 Å². The van der Waals surface area contributed by atoms with Crippen LogP contribution in [-0.4, -0.2) is 31.0 Å². The van der Waals surface area contributed by atoms with Crippen molar-refractivity contribution in [1.82, 2.24) is 19.3 Å². The third-order valence-corrected chi connectivity index (χ3v) is 6.03. The first-order valence-electron chi connectivity index (χ1n) is 9.99. The number of aryl methyl sites for hydroxylation is 1. The molecule has 0 aliphatic carbocycles. The van der Waals surface area contributed by atoms with E-state index in [0.717, 1.165) is 33.4 Å². The van der Waals surface area contributed by atoms with Crippen LogP contribution >= 0.6 is 11.8 Å². The maximum Gasteiger partial charge on any atom is 0.276 e. The highest BCUT2D eigenvalue weighted by Crippen LogP contribution is 2.29. The van der Waals surface area contributed by atoms with E-state index in [2.05, 4.69) is 20.0 Å². The molecule has 1 aliphatic rings. The van der Waals surface area contributed by atoms with Crippen LogP contribution in [0.5, 0.6) is 0 Å². The number of imidazole rings is 1. The number of nitrogens with zero attached hydrogens (tertiary/aromatic N) is 4. The van der Waals surface area contributed by atoms with E-state index < -0.39 is 11.7 Å². The lowest BCUT2D eigenvalue weighted by atomic mass is 10.1. The molecule has 7 nitrogen and oxygen atoms in total. The Morgan fingerprint density at radius 2 is 1.97 bits per heavy atom. The second-order valence-electron chi connectivity index (χ2n) is 7.33. The molecule has 0 radical (unpaired) electrons. The molecule has 0 unspecified atom stereocenters. The number of fused-ring (bicyclic) bond motifs is 1. The average Bonchev–Trinajstić information content (AvgIpc) is 3.38. The van der Waals surface area contributed by atoms with Crippen LogP contribution in [0.2, 0.25) is 0 Å². The van der Waals surface area contributed by atoms with E-state index in [4.69, 9.17) is 0 Å². The Labute approximate surface area is 186 Å². The van der Waals surface area contributed by atoms with Gasteiger partial charge in [-0.15, -0.1) is 0 Å². The first-order valence-corrected chi connectivity index (χ1v) is 11.0. The number of carbonyl (C=O) groups is 1. The zero-order valence-corrected chi connectivity index (χ0v) is 17.7. The van der Waals surface area contributed by atoms with Crippen molar-refractivity contribution < 1.29 is 9.18 Å². The second-order valence-corrected chi connectivity index (χ2v) is 8.39. The largest absolute Gasteiger partial charge is 0.325 e. The highest BCUT2D eigenvalue weighted by Gasteiger charge is 2.15. The third kappa shape index (κ3) is 4.19. The monoisotopic (exact) mass is 447 g/mol. The van der Waals surface area contributed by atoms with E-state index in [0.29, 0.717) is 11.3 Å². The van der Waals surface area contributed by atoms with Gasteiger partial charge in [0, 0.05) is 35.8 Å². The molecule has 0 saturated heterocycles. The summed E-state index contributed by atoms with van der Waals surface area (Å²) in [4.78, 5) is 29.4. The zero-order valence-electron chi connectivity index (χ0n) is 16.9. The lowest BCUT2D eigenvalue weighted by molar-refractivity contribution is 0.102. The standard InChI is InChI=1S/C23H18FN5O2S/c24-17-3-1-2-15(12-17)13-29-21(30)9-8-19(27-29)22(31)25-18-6-4-16(5-7-18)20-14-28-10-11-32-23(28)26-20/h1-9,12,14H,10-11,13H2,(H,25,31). The summed E-state index contributed by atoms with van der Waals surface area (Å²) in [6, 6.07) is 16.0. The molecule has 1 aliphatic heterocycles. The van der Waals surface area contributed by atoms with Crippen LogP contribution in [0.1, 0.15) is 16.1 Å². The number of hydrogen-bond acceptors (Lipinski definition) is 5. The van der Waals surface area contributed by atoms with Crippen LogP contribution in [0.25, 0.3) is 11.3 Å². The SMILES string of the molecule is O=C(Nc1ccc(-c2cn3c(n2)SCC3)cc1)c1ccc(=O)n(Cc2cccc(F)c2)n1. The highest BCUT2D eigenvalue weighted by atomic mass is 32.2. The van der Waals surface area contributed by atoms with Crippen molar-refractivity contribution in [3.63, 3.8) is 0 Å². The molecule has 0 saturated carbocycles. The van der Waals surface area contributed by atoms with Crippen molar-refractivity contribution in [2.45, 2.75) is 18.2 Å². The van der Waals surface area contributed by atoms with E-state index in [1.807, 2.05) is 18.3 Å². The molecule has 5 rings (SSSR count). The molecule has 0 spiro atoms. The fraction of sp³-hybridized carbons (Fsp3) is 0.130. The van der Waals surface area contributed by atoms with E-state index in [9.17, 15) is 14.0 Å². The van der Waals surface area contributed by atoms with Gasteiger partial charge < -0.3 is 9.88 Å². The molecule has 4 aromatic rings. The van der Waals surface area contributed by atoms with Crippen molar-refractivity contribution in [3.8, 4) is 11.3 Å². The van der Waals surface area contributed by atoms with Gasteiger partial charge in [0.05, 0.1) is 12.2 Å². The fourth-order valence-electron chi connectivity index (χ4n) is 3.46. The molecule has 2 aromatic carbocycles. The van der Waals surface area contributed by atoms with Gasteiger partial charge in [0.15, 0.2) is 5.16 Å². The smallest absolute Gasteiger partial charge is 0.276 e. The normalized spacial score (nSPS) is 12.5. The molecule has 2 aromatic heterocycles. The van der Waals surface area contributed by atoms with E-state index >= 15 is 0 Å². The predicted octanol–water partition coefficient (Wildman–Crippen LogP) is 3.65. The number of halogens is 1. The highest BCUT2D eigenvalue weighted by molar-refractivity contribution is 7.99. The van der Waals surface area contributed by atoms with Gasteiger partial charge in [-0.25, -0.2) is 14.1 Å². The number of anilines is 1. The maximum atomic E-state index is 13.4. The van der Waals surface area contributed by atoms with Crippen molar-refractivity contribution >= 4 is 23.4 Å². The summed E-state index contributed by atoms with van der Waals surface area (Å²) in [7, 11) is 0. The molecule has 1 N–H and O–H groups in total. The fourth-order valence-corrected chi connectivity index (χ4v) is 4.40. The van der Waals surface area contributed by atoms with Crippen LogP contribution in [0.4, 0.5) is 10.1 Å². The Bertz CT molecular complexity index is 1340. The first kappa shape index (κ1) is 20.2. The molecule has 9 heteroatoms. The summed E-state index contributed by atoms with van der Waals surface area (Å²) < 4.78 is 16.7. The Morgan fingerprint density at radius 1 is 1.12 bits per heavy atom. The number of amides is 1. The van der Waals surface area contributed by atoms with E-state index in [1.165, 1.54) is 24.3 Å². The molecule has 1 amide bonds. The van der Waals surface area contributed by atoms with Gasteiger partial charge in [0.2, 0.25) is 0 Å². The number of rotatable bonds is 5. The first-order chi connectivity index (χ1) is 15.5. The second kappa shape index (κ2) is 8.43. The third-order valence-electron chi connectivity index (χ3n) is 5.06. The van der Waals surface area contributed by atoms with Gasteiger partial charge in [-0.1, -0.05) is 36.0 Å². The lowest BCUT2D eigenvalue weighted by Gasteiger charge is -2.09. The molecule has 0 atom stereocenters. The Balaban J connectivity index is 1.30. The summed E-state index contributed by atoms with van der Waals surface area (Å²) in [5.41, 5.74) is 2.76. The zero-order chi connectivity index (χ0) is 22.1. The summed E-state index contributed by atoms with van der Waals surface area (Å²) in [5.74, 6) is 0.215. The lowest BCUT2D eigenvalue weighted by Crippen LogP contribution is -2.26. The number of thioether (sulfide) groups is 1. The topological polar surface area (TPSA) is 81.8 Å². The van der Waals surface area contributed by atoms with Gasteiger partial charge in [-0.2, -0.15) is 5.10 Å². The minimum Gasteiger partial charge on any atom is -0.325 e. The molecule has 160 valence electrons. The Kier molecular flexibility index (Phi) is 5.32. The predicted molar refractivity (Wildman–Crippen MR) is 120 cm³/mol. The van der Waals surface area contributed by atoms with Gasteiger partial charge in [0.1, 0.15) is 11.5 Å². The van der Waals surface area contributed by atoms with Gasteiger partial charge >= 0.3 is 0 Å². The summed E-state index contributed by atoms with van der Waals surface area (Å²) >= 11 is 1.74. The molecular formula is C23H18FN5O2S. The summed E-state index contributed by atoms with van der Waals surface area (Å²) in [6.45, 7) is 1.04. The molecule has 3 heterocycles. The number of hydrogen-bond donors (Lipinski definition) is 1. The molecular weight excluding hydrogens is 429 g/mol. The van der Waals surface area contributed by atoms with E-state index in [-0.39, 0.29) is 17.8 Å². The molecule has 32 heavy (non-hydrogen) atoms. The van der Waals surface area contributed by atoms with Crippen LogP contribution in [0.15, 0.2) is 76.8 Å². The minimum absolute atomic E-state index is 0.0688. The van der Waals surface area contributed by atoms with Crippen molar-refractivity contribution in [2.75, 3.05) is 11.1 Å². The minimum atomic E-state index is -0.442. The van der Waals surface area contributed by atoms with E-state index in [1.54, 1.807) is 36.0 Å². The summed E-state index contributed by atoms with van der Waals surface area (Å²) in [5, 5.41) is 7.96. The average molecular weight is 447 g/mol. The quantitative estimate of drug-likeness (QED) is 0.505. The Morgan fingerprint density at radius 3 is 2.75 bits per heavy atom. The maximum absolute atomic E-state index is 13.4. The Hall–Kier alpha value is -3.72. The van der Waals surface area contributed by atoms with Crippen molar-refractivity contribution in [3.05, 3.63) is 94.3 Å². The number of aromatic nitrogens is 4. The summed E-state index contributed by atoms with van der Waals surface area (Å²) in [6.07, 6.45) is 2.04. The van der Waals surface area contributed by atoms with Crippen LogP contribution < -0.4 is 10.9 Å². The van der Waals surface area contributed by atoms with Gasteiger partial charge in [0.25, 0.3) is 11.5 Å². The molecule has 0 bridgehead atoms. The number of nitrogens with one attached hydrogen (secondary N) is 1. The number of carbonyl (C=O) groups excluding carboxylic acids is 1. The van der Waals surface area contributed by atoms with Crippen LogP contribution in [0.3, 0.4) is 0 Å². The van der Waals surface area contributed by atoms with Gasteiger partial charge in [-0.3, -0.25) is 9.59 Å².